The van der Waals surface area contributed by atoms with Crippen LogP contribution in [0.25, 0.3) is 0 Å². The van der Waals surface area contributed by atoms with E-state index in [-0.39, 0.29) is 23.3 Å². The lowest BCUT2D eigenvalue weighted by atomic mass is 10.1. The quantitative estimate of drug-likeness (QED) is 0.886. The number of hydrogen-bond donors (Lipinski definition) is 1. The smallest absolute Gasteiger partial charge is 0.262 e. The Morgan fingerprint density at radius 2 is 2.21 bits per heavy atom. The van der Waals surface area contributed by atoms with Crippen LogP contribution in [0.2, 0.25) is 0 Å². The lowest BCUT2D eigenvalue weighted by Crippen LogP contribution is -2.48. The summed E-state index contributed by atoms with van der Waals surface area (Å²) in [6.45, 7) is 3.88. The van der Waals surface area contributed by atoms with Gasteiger partial charge in [0.05, 0.1) is 12.4 Å². The van der Waals surface area contributed by atoms with Gasteiger partial charge in [0.15, 0.2) is 5.03 Å². The molecular formula is C15H20ClFN4O2S. The normalized spacial score (nSPS) is 19.0. The monoisotopic (exact) mass is 374 g/mol. The molecule has 0 radical (unpaired) electrons. The van der Waals surface area contributed by atoms with Crippen LogP contribution in [-0.4, -0.2) is 41.9 Å². The number of halogens is 2. The lowest BCUT2D eigenvalue weighted by Gasteiger charge is -2.34. The number of aryl methyl sites for hydroxylation is 1. The predicted molar refractivity (Wildman–Crippen MR) is 91.1 cm³/mol. The summed E-state index contributed by atoms with van der Waals surface area (Å²) < 4.78 is 42.5. The van der Waals surface area contributed by atoms with Gasteiger partial charge in [0.25, 0.3) is 10.0 Å². The summed E-state index contributed by atoms with van der Waals surface area (Å²) in [5.74, 6) is -0.374. The van der Waals surface area contributed by atoms with Crippen LogP contribution >= 0.6 is 12.4 Å². The average Bonchev–Trinajstić information content (AvgIpc) is 3.05. The van der Waals surface area contributed by atoms with Gasteiger partial charge in [0, 0.05) is 32.4 Å². The van der Waals surface area contributed by atoms with Crippen LogP contribution in [0.4, 0.5) is 4.39 Å². The zero-order valence-electron chi connectivity index (χ0n) is 13.2. The van der Waals surface area contributed by atoms with Gasteiger partial charge in [0.2, 0.25) is 0 Å². The van der Waals surface area contributed by atoms with Gasteiger partial charge in [-0.15, -0.1) is 12.4 Å². The van der Waals surface area contributed by atoms with Crippen molar-refractivity contribution in [1.29, 1.82) is 0 Å². The molecular weight excluding hydrogens is 355 g/mol. The van der Waals surface area contributed by atoms with Crippen LogP contribution in [0.15, 0.2) is 41.8 Å². The molecule has 1 unspecified atom stereocenters. The number of benzene rings is 1. The Morgan fingerprint density at radius 1 is 1.42 bits per heavy atom. The fourth-order valence-electron chi connectivity index (χ4n) is 2.74. The van der Waals surface area contributed by atoms with Crippen molar-refractivity contribution >= 4 is 22.4 Å². The van der Waals surface area contributed by atoms with Crippen molar-refractivity contribution in [1.82, 2.24) is 19.2 Å². The number of imidazole rings is 1. The Kier molecular flexibility index (Phi) is 5.97. The Labute approximate surface area is 147 Å². The van der Waals surface area contributed by atoms with Gasteiger partial charge >= 0.3 is 0 Å². The second kappa shape index (κ2) is 7.60. The summed E-state index contributed by atoms with van der Waals surface area (Å²) in [6, 6.07) is 5.62. The Hall–Kier alpha value is -1.48. The highest BCUT2D eigenvalue weighted by molar-refractivity contribution is 7.89. The molecule has 1 aromatic carbocycles. The molecule has 3 rings (SSSR count). The Morgan fingerprint density at radius 3 is 2.88 bits per heavy atom. The number of aromatic nitrogens is 2. The van der Waals surface area contributed by atoms with Crippen molar-refractivity contribution in [3.63, 3.8) is 0 Å². The highest BCUT2D eigenvalue weighted by atomic mass is 35.5. The molecule has 0 spiro atoms. The standard InChI is InChI=1S/C15H19FN4O2S.ClH/c1-2-19-10-15(18-11-19)23(21,22)20-7-6-17-9-14(20)12-4-3-5-13(16)8-12;/h3-5,8,10-11,14,17H,2,6-7,9H2,1H3;1H. The zero-order chi connectivity index (χ0) is 16.4. The van der Waals surface area contributed by atoms with E-state index in [1.54, 1.807) is 16.7 Å². The molecule has 1 N–H and O–H groups in total. The molecule has 6 nitrogen and oxygen atoms in total. The SMILES string of the molecule is CCn1cnc(S(=O)(=O)N2CCNCC2c2cccc(F)c2)c1.Cl. The number of piperazine rings is 1. The van der Waals surface area contributed by atoms with E-state index >= 15 is 0 Å². The van der Waals surface area contributed by atoms with Gasteiger partial charge in [-0.3, -0.25) is 0 Å². The molecule has 2 heterocycles. The first kappa shape index (κ1) is 18.9. The van der Waals surface area contributed by atoms with Crippen molar-refractivity contribution in [2.75, 3.05) is 19.6 Å². The van der Waals surface area contributed by atoms with Gasteiger partial charge in [-0.1, -0.05) is 12.1 Å². The molecule has 24 heavy (non-hydrogen) atoms. The maximum absolute atomic E-state index is 13.5. The topological polar surface area (TPSA) is 67.2 Å². The van der Waals surface area contributed by atoms with E-state index in [9.17, 15) is 12.8 Å². The molecule has 1 aliphatic rings. The third-order valence-electron chi connectivity index (χ3n) is 3.98. The first-order valence-corrected chi connectivity index (χ1v) is 8.96. The van der Waals surface area contributed by atoms with E-state index in [1.165, 1.54) is 29.0 Å². The van der Waals surface area contributed by atoms with Crippen molar-refractivity contribution in [2.45, 2.75) is 24.5 Å². The second-order valence-electron chi connectivity index (χ2n) is 5.43. The van der Waals surface area contributed by atoms with Crippen molar-refractivity contribution < 1.29 is 12.8 Å². The van der Waals surface area contributed by atoms with Crippen LogP contribution in [-0.2, 0) is 16.6 Å². The van der Waals surface area contributed by atoms with Gasteiger partial charge in [-0.25, -0.2) is 17.8 Å². The Balaban J connectivity index is 0.00000208. The third kappa shape index (κ3) is 3.61. The first-order valence-electron chi connectivity index (χ1n) is 7.52. The fraction of sp³-hybridized carbons (Fsp3) is 0.400. The van der Waals surface area contributed by atoms with Gasteiger partial charge in [0.1, 0.15) is 5.82 Å². The molecule has 0 bridgehead atoms. The second-order valence-corrected chi connectivity index (χ2v) is 7.27. The predicted octanol–water partition coefficient (Wildman–Crippen LogP) is 1.80. The molecule has 0 aliphatic carbocycles. The maximum atomic E-state index is 13.5. The average molecular weight is 375 g/mol. The Bertz CT molecular complexity index is 796. The minimum atomic E-state index is -3.72. The molecule has 1 aromatic heterocycles. The van der Waals surface area contributed by atoms with Crippen molar-refractivity contribution in [2.24, 2.45) is 0 Å². The molecule has 0 amide bonds. The minimum absolute atomic E-state index is 0. The molecule has 1 atom stereocenters. The number of nitrogens with one attached hydrogen (secondary N) is 1. The maximum Gasteiger partial charge on any atom is 0.262 e. The molecule has 9 heteroatoms. The van der Waals surface area contributed by atoms with Crippen LogP contribution in [0.3, 0.4) is 0 Å². The summed E-state index contributed by atoms with van der Waals surface area (Å²) in [5, 5.41) is 3.20. The number of hydrogen-bond acceptors (Lipinski definition) is 4. The van der Waals surface area contributed by atoms with Crippen LogP contribution < -0.4 is 5.32 Å². The number of rotatable bonds is 4. The van der Waals surface area contributed by atoms with Crippen LogP contribution in [0.5, 0.6) is 0 Å². The van der Waals surface area contributed by atoms with E-state index in [4.69, 9.17) is 0 Å². The van der Waals surface area contributed by atoms with Crippen LogP contribution in [0, 0.1) is 5.82 Å². The van der Waals surface area contributed by atoms with E-state index in [1.807, 2.05) is 6.92 Å². The van der Waals surface area contributed by atoms with Crippen molar-refractivity contribution in [3.05, 3.63) is 48.2 Å². The molecule has 2 aromatic rings. The number of nitrogens with zero attached hydrogens (tertiary/aromatic N) is 3. The summed E-state index contributed by atoms with van der Waals surface area (Å²) in [7, 11) is -3.72. The number of sulfonamides is 1. The summed E-state index contributed by atoms with van der Waals surface area (Å²) in [4.78, 5) is 4.02. The summed E-state index contributed by atoms with van der Waals surface area (Å²) in [5.41, 5.74) is 0.635. The van der Waals surface area contributed by atoms with E-state index in [2.05, 4.69) is 10.3 Å². The van der Waals surface area contributed by atoms with Crippen LogP contribution in [0.1, 0.15) is 18.5 Å². The fourth-order valence-corrected chi connectivity index (χ4v) is 4.29. The zero-order valence-corrected chi connectivity index (χ0v) is 14.9. The first-order chi connectivity index (χ1) is 11.0. The molecule has 1 aliphatic heterocycles. The molecule has 0 saturated carbocycles. The lowest BCUT2D eigenvalue weighted by molar-refractivity contribution is 0.270. The van der Waals surface area contributed by atoms with Gasteiger partial charge in [-0.05, 0) is 24.6 Å². The minimum Gasteiger partial charge on any atom is -0.336 e. The van der Waals surface area contributed by atoms with E-state index < -0.39 is 16.1 Å². The molecule has 1 saturated heterocycles. The van der Waals surface area contributed by atoms with E-state index in [0.29, 0.717) is 31.7 Å². The van der Waals surface area contributed by atoms with E-state index in [0.717, 1.165) is 0 Å². The third-order valence-corrected chi connectivity index (χ3v) is 5.77. The largest absolute Gasteiger partial charge is 0.336 e. The molecule has 1 fully saturated rings. The summed E-state index contributed by atoms with van der Waals surface area (Å²) >= 11 is 0. The molecule has 132 valence electrons. The summed E-state index contributed by atoms with van der Waals surface area (Å²) in [6.07, 6.45) is 3.03. The van der Waals surface area contributed by atoms with Gasteiger partial charge in [-0.2, -0.15) is 4.31 Å². The van der Waals surface area contributed by atoms with Gasteiger partial charge < -0.3 is 9.88 Å². The van der Waals surface area contributed by atoms with Crippen molar-refractivity contribution in [3.8, 4) is 0 Å². The highest BCUT2D eigenvalue weighted by Gasteiger charge is 2.35. The highest BCUT2D eigenvalue weighted by Crippen LogP contribution is 2.28.